The zero-order valence-corrected chi connectivity index (χ0v) is 14.9. The molecule has 3 heterocycles. The predicted molar refractivity (Wildman–Crippen MR) is 92.1 cm³/mol. The van der Waals surface area contributed by atoms with E-state index >= 15 is 0 Å². The molecule has 1 aromatic rings. The molecule has 0 bridgehead atoms. The first-order valence-corrected chi connectivity index (χ1v) is 9.71. The van der Waals surface area contributed by atoms with Gasteiger partial charge in [0.2, 0.25) is 5.91 Å². The van der Waals surface area contributed by atoms with E-state index in [4.69, 9.17) is 4.42 Å². The van der Waals surface area contributed by atoms with Gasteiger partial charge in [0.1, 0.15) is 5.76 Å². The van der Waals surface area contributed by atoms with Gasteiger partial charge < -0.3 is 14.2 Å². The molecule has 0 aromatic carbocycles. The van der Waals surface area contributed by atoms with Crippen LogP contribution in [0.2, 0.25) is 0 Å². The number of oxazole rings is 1. The quantitative estimate of drug-likeness (QED) is 0.823. The number of carbonyl (C=O) groups excluding carboxylic acids is 2. The van der Waals surface area contributed by atoms with E-state index in [1.54, 1.807) is 0 Å². The van der Waals surface area contributed by atoms with Crippen molar-refractivity contribution < 1.29 is 14.0 Å². The minimum absolute atomic E-state index is 0.00566. The highest BCUT2D eigenvalue weighted by Crippen LogP contribution is 2.42. The fraction of sp³-hybridized carbons (Fsp3) is 0.737. The highest BCUT2D eigenvalue weighted by atomic mass is 16.3. The minimum atomic E-state index is 0.00566. The maximum atomic E-state index is 12.9. The number of hydrogen-bond acceptors (Lipinski definition) is 4. The predicted octanol–water partition coefficient (Wildman–Crippen LogP) is 2.81. The van der Waals surface area contributed by atoms with Crippen LogP contribution in [-0.4, -0.2) is 52.3 Å². The molecule has 0 N–H and O–H groups in total. The number of aromatic nitrogens is 1. The molecule has 25 heavy (non-hydrogen) atoms. The molecule has 3 aliphatic rings. The summed E-state index contributed by atoms with van der Waals surface area (Å²) >= 11 is 0. The van der Waals surface area contributed by atoms with Gasteiger partial charge in [-0.3, -0.25) is 9.59 Å². The zero-order chi connectivity index (χ0) is 17.4. The summed E-state index contributed by atoms with van der Waals surface area (Å²) in [5.41, 5.74) is 0.510. The van der Waals surface area contributed by atoms with E-state index < -0.39 is 0 Å². The molecule has 0 unspecified atom stereocenters. The summed E-state index contributed by atoms with van der Waals surface area (Å²) in [6.07, 6.45) is 8.13. The molecule has 6 nitrogen and oxygen atoms in total. The summed E-state index contributed by atoms with van der Waals surface area (Å²) in [4.78, 5) is 33.5. The average Bonchev–Trinajstić information content (AvgIpc) is 3.36. The summed E-state index contributed by atoms with van der Waals surface area (Å²) in [6.45, 7) is 4.45. The lowest BCUT2D eigenvalue weighted by Crippen LogP contribution is -2.57. The van der Waals surface area contributed by atoms with Crippen LogP contribution in [0.4, 0.5) is 0 Å². The van der Waals surface area contributed by atoms with Crippen LogP contribution in [0.3, 0.4) is 0 Å². The Morgan fingerprint density at radius 1 is 1.32 bits per heavy atom. The van der Waals surface area contributed by atoms with E-state index in [0.29, 0.717) is 42.4 Å². The van der Waals surface area contributed by atoms with Crippen molar-refractivity contribution in [3.8, 4) is 0 Å². The summed E-state index contributed by atoms with van der Waals surface area (Å²) in [5.74, 6) is 1.85. The molecular formula is C19H27N3O3. The number of rotatable bonds is 5. The maximum Gasteiger partial charge on any atom is 0.276 e. The molecule has 6 heteroatoms. The monoisotopic (exact) mass is 345 g/mol. The molecule has 0 spiro atoms. The van der Waals surface area contributed by atoms with Gasteiger partial charge in [0, 0.05) is 38.0 Å². The molecule has 1 aromatic heterocycles. The van der Waals surface area contributed by atoms with E-state index in [9.17, 15) is 9.59 Å². The zero-order valence-electron chi connectivity index (χ0n) is 14.9. The van der Waals surface area contributed by atoms with E-state index in [1.165, 1.54) is 6.39 Å². The summed E-state index contributed by atoms with van der Waals surface area (Å²) in [6, 6.07) is 0.303. The minimum Gasteiger partial charge on any atom is -0.447 e. The molecule has 0 radical (unpaired) electrons. The van der Waals surface area contributed by atoms with Gasteiger partial charge >= 0.3 is 0 Å². The highest BCUT2D eigenvalue weighted by molar-refractivity contribution is 5.93. The van der Waals surface area contributed by atoms with Gasteiger partial charge in [0.25, 0.3) is 5.91 Å². The lowest BCUT2D eigenvalue weighted by atomic mass is 9.83. The first kappa shape index (κ1) is 16.6. The number of likely N-dealkylation sites (tertiary alicyclic amines) is 2. The Morgan fingerprint density at radius 2 is 2.16 bits per heavy atom. The number of fused-ring (bicyclic) bond motifs is 1. The Hall–Kier alpha value is -1.85. The highest BCUT2D eigenvalue weighted by Gasteiger charge is 2.41. The molecule has 1 aliphatic carbocycles. The Kier molecular flexibility index (Phi) is 4.52. The van der Waals surface area contributed by atoms with Crippen molar-refractivity contribution in [3.63, 3.8) is 0 Å². The van der Waals surface area contributed by atoms with Gasteiger partial charge in [0.15, 0.2) is 12.1 Å². The molecule has 2 atom stereocenters. The van der Waals surface area contributed by atoms with E-state index in [-0.39, 0.29) is 5.91 Å². The molecule has 136 valence electrons. The molecular weight excluding hydrogens is 318 g/mol. The number of unbranched alkanes of at least 4 members (excludes halogenated alkanes) is 1. The first-order chi connectivity index (χ1) is 12.2. The van der Waals surface area contributed by atoms with Crippen molar-refractivity contribution in [2.75, 3.05) is 19.6 Å². The van der Waals surface area contributed by atoms with Gasteiger partial charge in [-0.1, -0.05) is 13.3 Å². The molecule has 2 saturated heterocycles. The largest absolute Gasteiger partial charge is 0.447 e. The van der Waals surface area contributed by atoms with Gasteiger partial charge in [-0.15, -0.1) is 0 Å². The number of hydrogen-bond donors (Lipinski definition) is 0. The van der Waals surface area contributed by atoms with Gasteiger partial charge in [-0.05, 0) is 38.0 Å². The topological polar surface area (TPSA) is 66.7 Å². The molecule has 1 saturated carbocycles. The van der Waals surface area contributed by atoms with Crippen LogP contribution >= 0.6 is 0 Å². The van der Waals surface area contributed by atoms with Crippen LogP contribution in [0.5, 0.6) is 0 Å². The molecule has 2 amide bonds. The fourth-order valence-electron chi connectivity index (χ4n) is 4.36. The SMILES string of the molecule is CCCCN1C(=O)CC[C@@H]2CN(C(=O)c3ncoc3C3CC3)CC[C@@H]21. The average molecular weight is 345 g/mol. The lowest BCUT2D eigenvalue weighted by molar-refractivity contribution is -0.140. The smallest absolute Gasteiger partial charge is 0.276 e. The number of carbonyl (C=O) groups is 2. The van der Waals surface area contributed by atoms with Crippen LogP contribution in [0.25, 0.3) is 0 Å². The van der Waals surface area contributed by atoms with Crippen LogP contribution < -0.4 is 0 Å². The maximum absolute atomic E-state index is 12.9. The Labute approximate surface area is 148 Å². The third kappa shape index (κ3) is 3.18. The van der Waals surface area contributed by atoms with Crippen molar-refractivity contribution in [2.45, 2.75) is 63.8 Å². The van der Waals surface area contributed by atoms with Crippen LogP contribution in [0.1, 0.15) is 74.0 Å². The van der Waals surface area contributed by atoms with Gasteiger partial charge in [-0.2, -0.15) is 0 Å². The lowest BCUT2D eigenvalue weighted by Gasteiger charge is -2.47. The number of piperidine rings is 2. The van der Waals surface area contributed by atoms with Crippen LogP contribution in [0.15, 0.2) is 10.8 Å². The summed E-state index contributed by atoms with van der Waals surface area (Å²) in [5, 5.41) is 0. The standard InChI is InChI=1S/C19H27N3O3/c1-2-3-9-22-15-8-10-21(11-14(15)6-7-16(22)23)19(24)17-18(13-4-5-13)25-12-20-17/h12-15H,2-11H2,1H3/t14-,15+/m1/s1. The first-order valence-electron chi connectivity index (χ1n) is 9.71. The second-order valence-corrected chi connectivity index (χ2v) is 7.69. The van der Waals surface area contributed by atoms with Crippen molar-refractivity contribution >= 4 is 11.8 Å². The van der Waals surface area contributed by atoms with E-state index in [2.05, 4.69) is 16.8 Å². The second kappa shape index (κ2) is 6.81. The third-order valence-corrected chi connectivity index (χ3v) is 5.93. The number of amides is 2. The van der Waals surface area contributed by atoms with Crippen LogP contribution in [0, 0.1) is 5.92 Å². The van der Waals surface area contributed by atoms with Crippen molar-refractivity contribution in [1.82, 2.24) is 14.8 Å². The Balaban J connectivity index is 1.44. The third-order valence-electron chi connectivity index (χ3n) is 5.93. The van der Waals surface area contributed by atoms with E-state index in [1.807, 2.05) is 4.90 Å². The number of nitrogens with zero attached hydrogens (tertiary/aromatic N) is 3. The summed E-state index contributed by atoms with van der Waals surface area (Å²) < 4.78 is 5.47. The second-order valence-electron chi connectivity index (χ2n) is 7.69. The van der Waals surface area contributed by atoms with Crippen molar-refractivity contribution in [3.05, 3.63) is 17.8 Å². The molecule has 4 rings (SSSR count). The Morgan fingerprint density at radius 3 is 2.92 bits per heavy atom. The molecule has 2 aliphatic heterocycles. The molecule has 3 fully saturated rings. The summed E-state index contributed by atoms with van der Waals surface area (Å²) in [7, 11) is 0. The van der Waals surface area contributed by atoms with Crippen molar-refractivity contribution in [2.24, 2.45) is 5.92 Å². The van der Waals surface area contributed by atoms with E-state index in [0.717, 1.165) is 57.4 Å². The Bertz CT molecular complexity index is 652. The van der Waals surface area contributed by atoms with Crippen molar-refractivity contribution in [1.29, 1.82) is 0 Å². The fourth-order valence-corrected chi connectivity index (χ4v) is 4.36. The van der Waals surface area contributed by atoms with Gasteiger partial charge in [0.05, 0.1) is 0 Å². The normalized spacial score (nSPS) is 26.7. The van der Waals surface area contributed by atoms with Gasteiger partial charge in [-0.25, -0.2) is 4.98 Å². The van der Waals surface area contributed by atoms with Crippen LogP contribution in [-0.2, 0) is 4.79 Å².